The van der Waals surface area contributed by atoms with Crippen LogP contribution in [0.2, 0.25) is 5.02 Å². The van der Waals surface area contributed by atoms with Crippen LogP contribution in [-0.4, -0.2) is 34.7 Å². The van der Waals surface area contributed by atoms with Gasteiger partial charge in [0.15, 0.2) is 5.76 Å². The third-order valence-corrected chi connectivity index (χ3v) is 7.09. The van der Waals surface area contributed by atoms with Crippen LogP contribution in [0.25, 0.3) is 0 Å². The second kappa shape index (κ2) is 13.3. The quantitative estimate of drug-likeness (QED) is 0.316. The summed E-state index contributed by atoms with van der Waals surface area (Å²) in [5, 5.41) is 3.38. The van der Waals surface area contributed by atoms with E-state index in [1.165, 1.54) is 5.56 Å². The van der Waals surface area contributed by atoms with Crippen LogP contribution in [0.4, 0.5) is 0 Å². The Morgan fingerprint density at radius 2 is 1.73 bits per heavy atom. The molecule has 7 heteroatoms. The molecule has 3 rings (SSSR count). The van der Waals surface area contributed by atoms with Gasteiger partial charge in [0, 0.05) is 19.6 Å². The molecule has 176 valence electrons. The van der Waals surface area contributed by atoms with Crippen LogP contribution in [0.3, 0.4) is 0 Å². The van der Waals surface area contributed by atoms with E-state index in [4.69, 9.17) is 16.0 Å². The number of hydrogen-bond donors (Lipinski definition) is 1. The Morgan fingerprint density at radius 3 is 2.48 bits per heavy atom. The molecule has 3 aromatic rings. The number of rotatable bonds is 13. The molecule has 0 fully saturated rings. The average Bonchev–Trinajstić information content (AvgIpc) is 3.29. The van der Waals surface area contributed by atoms with Gasteiger partial charge in [-0.15, -0.1) is 0 Å². The molecular weight excluding hydrogens is 456 g/mol. The van der Waals surface area contributed by atoms with Crippen molar-refractivity contribution in [2.45, 2.75) is 43.4 Å². The summed E-state index contributed by atoms with van der Waals surface area (Å²) >= 11 is 6.12. The number of halogens is 1. The van der Waals surface area contributed by atoms with Gasteiger partial charge >= 0.3 is 0 Å². The zero-order chi connectivity index (χ0) is 23.5. The highest BCUT2D eigenvalue weighted by Gasteiger charge is 2.15. The minimum atomic E-state index is -1.34. The topological polar surface area (TPSA) is 62.6 Å². The Hall–Kier alpha value is -2.41. The molecule has 0 spiro atoms. The first-order chi connectivity index (χ1) is 16.1. The molecule has 1 aromatic heterocycles. The minimum absolute atomic E-state index is 0.170. The summed E-state index contributed by atoms with van der Waals surface area (Å²) < 4.78 is 18.2. The molecule has 0 aliphatic heterocycles. The predicted molar refractivity (Wildman–Crippen MR) is 134 cm³/mol. The number of furan rings is 1. The number of carbonyl (C=O) groups excluding carboxylic acids is 1. The van der Waals surface area contributed by atoms with Crippen molar-refractivity contribution in [2.75, 3.05) is 19.6 Å². The number of nitrogens with one attached hydrogen (secondary N) is 1. The molecule has 0 saturated heterocycles. The van der Waals surface area contributed by atoms with Crippen molar-refractivity contribution in [3.05, 3.63) is 88.8 Å². The van der Waals surface area contributed by atoms with Crippen LogP contribution < -0.4 is 5.32 Å². The summed E-state index contributed by atoms with van der Waals surface area (Å²) in [6, 6.07) is 20.8. The molecule has 0 aliphatic rings. The van der Waals surface area contributed by atoms with Gasteiger partial charge in [-0.2, -0.15) is 0 Å². The summed E-state index contributed by atoms with van der Waals surface area (Å²) in [6.07, 6.45) is 3.17. The molecule has 1 N–H and O–H groups in total. The van der Waals surface area contributed by atoms with Crippen molar-refractivity contribution in [3.63, 3.8) is 0 Å². The summed E-state index contributed by atoms with van der Waals surface area (Å²) in [5.41, 5.74) is 1.30. The predicted octanol–water partition coefficient (Wildman–Crippen LogP) is 5.66. The second-order valence-corrected chi connectivity index (χ2v) is 9.74. The number of benzene rings is 2. The summed E-state index contributed by atoms with van der Waals surface area (Å²) in [7, 11) is -1.34. The third kappa shape index (κ3) is 8.14. The Morgan fingerprint density at radius 1 is 1.00 bits per heavy atom. The number of nitrogens with zero attached hydrogens (tertiary/aromatic N) is 1. The minimum Gasteiger partial charge on any atom is -0.455 e. The van der Waals surface area contributed by atoms with Gasteiger partial charge in [0.05, 0.1) is 26.5 Å². The maximum Gasteiger partial charge on any atom is 0.286 e. The van der Waals surface area contributed by atoms with E-state index in [1.54, 1.807) is 36.4 Å². The molecule has 1 atom stereocenters. The standard InChI is InChI=1S/C26H31ClN2O3S/c1-2-3-17-29(19-21-10-5-4-6-11-21)18-9-16-28-26(30)24-15-14-22(32-24)20-33(31)25-13-8-7-12-23(25)27/h4-8,10-15H,2-3,9,16-20H2,1H3,(H,28,30)/t33-/m0/s1. The SMILES string of the molecule is CCCCN(CCCNC(=O)c1ccc(C[S@](=O)c2ccccc2Cl)o1)Cc1ccccc1. The van der Waals surface area contributed by atoms with Crippen molar-refractivity contribution in [3.8, 4) is 0 Å². The second-order valence-electron chi connectivity index (χ2n) is 7.91. The fourth-order valence-corrected chi connectivity index (χ4v) is 4.98. The molecular formula is C26H31ClN2O3S. The fraction of sp³-hybridized carbons (Fsp3) is 0.346. The van der Waals surface area contributed by atoms with E-state index in [0.717, 1.165) is 38.9 Å². The van der Waals surface area contributed by atoms with Gasteiger partial charge in [-0.05, 0) is 49.2 Å². The number of unbranched alkanes of at least 4 members (excludes halogenated alkanes) is 1. The van der Waals surface area contributed by atoms with Crippen molar-refractivity contribution < 1.29 is 13.4 Å². The van der Waals surface area contributed by atoms with Gasteiger partial charge in [0.25, 0.3) is 5.91 Å². The van der Waals surface area contributed by atoms with Crippen molar-refractivity contribution >= 4 is 28.3 Å². The van der Waals surface area contributed by atoms with E-state index < -0.39 is 10.8 Å². The largest absolute Gasteiger partial charge is 0.455 e. The molecule has 5 nitrogen and oxygen atoms in total. The maximum absolute atomic E-state index is 12.6. The van der Waals surface area contributed by atoms with Crippen LogP contribution in [0, 0.1) is 0 Å². The molecule has 0 bridgehead atoms. The first-order valence-corrected chi connectivity index (χ1v) is 13.0. The molecule has 1 amide bonds. The molecule has 0 unspecified atom stereocenters. The molecule has 33 heavy (non-hydrogen) atoms. The van der Waals surface area contributed by atoms with Gasteiger partial charge in [0.1, 0.15) is 5.76 Å². The molecule has 0 saturated carbocycles. The van der Waals surface area contributed by atoms with Crippen LogP contribution in [0.5, 0.6) is 0 Å². The average molecular weight is 487 g/mol. The number of hydrogen-bond acceptors (Lipinski definition) is 4. The van der Waals surface area contributed by atoms with E-state index in [-0.39, 0.29) is 17.4 Å². The lowest BCUT2D eigenvalue weighted by Crippen LogP contribution is -2.30. The Balaban J connectivity index is 1.45. The highest BCUT2D eigenvalue weighted by molar-refractivity contribution is 7.84. The zero-order valence-electron chi connectivity index (χ0n) is 19.0. The highest BCUT2D eigenvalue weighted by atomic mass is 35.5. The normalized spacial score (nSPS) is 12.1. The van der Waals surface area contributed by atoms with E-state index in [0.29, 0.717) is 22.2 Å². The fourth-order valence-electron chi connectivity index (χ4n) is 3.50. The smallest absolute Gasteiger partial charge is 0.286 e. The van der Waals surface area contributed by atoms with Crippen molar-refractivity contribution in [2.24, 2.45) is 0 Å². The van der Waals surface area contributed by atoms with Gasteiger partial charge < -0.3 is 9.73 Å². The molecule has 2 aromatic carbocycles. The van der Waals surface area contributed by atoms with Crippen LogP contribution in [0.15, 0.2) is 76.0 Å². The summed E-state index contributed by atoms with van der Waals surface area (Å²) in [6.45, 7) is 5.64. The third-order valence-electron chi connectivity index (χ3n) is 5.25. The van der Waals surface area contributed by atoms with E-state index in [1.807, 2.05) is 6.07 Å². The zero-order valence-corrected chi connectivity index (χ0v) is 20.5. The van der Waals surface area contributed by atoms with Gasteiger partial charge in [-0.25, -0.2) is 0 Å². The first kappa shape index (κ1) is 25.2. The van der Waals surface area contributed by atoms with Gasteiger partial charge in [-0.1, -0.05) is 67.4 Å². The van der Waals surface area contributed by atoms with Gasteiger partial charge in [0.2, 0.25) is 0 Å². The van der Waals surface area contributed by atoms with Gasteiger partial charge in [-0.3, -0.25) is 13.9 Å². The summed E-state index contributed by atoms with van der Waals surface area (Å²) in [4.78, 5) is 15.5. The Kier molecular flexibility index (Phi) is 10.2. The van der Waals surface area contributed by atoms with E-state index in [2.05, 4.69) is 41.4 Å². The van der Waals surface area contributed by atoms with Crippen LogP contribution >= 0.6 is 11.6 Å². The van der Waals surface area contributed by atoms with Crippen LogP contribution in [0.1, 0.15) is 48.1 Å². The maximum atomic E-state index is 12.6. The van der Waals surface area contributed by atoms with Crippen LogP contribution in [-0.2, 0) is 23.1 Å². The monoisotopic (exact) mass is 486 g/mol. The lowest BCUT2D eigenvalue weighted by molar-refractivity contribution is 0.0922. The van der Waals surface area contributed by atoms with E-state index >= 15 is 0 Å². The van der Waals surface area contributed by atoms with Crippen molar-refractivity contribution in [1.29, 1.82) is 0 Å². The summed E-state index contributed by atoms with van der Waals surface area (Å²) in [5.74, 6) is 0.635. The lowest BCUT2D eigenvalue weighted by Gasteiger charge is -2.22. The molecule has 0 radical (unpaired) electrons. The molecule has 1 heterocycles. The lowest BCUT2D eigenvalue weighted by atomic mass is 10.2. The Labute approximate surface area is 203 Å². The highest BCUT2D eigenvalue weighted by Crippen LogP contribution is 2.22. The van der Waals surface area contributed by atoms with E-state index in [9.17, 15) is 9.00 Å². The molecule has 0 aliphatic carbocycles. The number of amides is 1. The number of carbonyl (C=O) groups is 1. The Bertz CT molecular complexity index is 1040. The van der Waals surface area contributed by atoms with Crippen molar-refractivity contribution in [1.82, 2.24) is 10.2 Å². The first-order valence-electron chi connectivity index (χ1n) is 11.3.